The van der Waals surface area contributed by atoms with Crippen LogP contribution < -0.4 is 0 Å². The first kappa shape index (κ1) is 12.4. The van der Waals surface area contributed by atoms with E-state index in [9.17, 15) is 4.79 Å². The Labute approximate surface area is 100 Å². The minimum Gasteiger partial charge on any atom is -0.294 e. The highest BCUT2D eigenvalue weighted by molar-refractivity contribution is 9.10. The summed E-state index contributed by atoms with van der Waals surface area (Å²) in [5, 5.41) is 0. The Hall–Kier alpha value is -0.630. The molecule has 0 saturated carbocycles. The quantitative estimate of drug-likeness (QED) is 0.738. The molecule has 1 rings (SSSR count). The number of halogens is 1. The molecule has 0 aliphatic carbocycles. The van der Waals surface area contributed by atoms with Crippen molar-refractivity contribution in [2.45, 2.75) is 40.0 Å². The first-order chi connectivity index (χ1) is 7.06. The molecule has 0 radical (unpaired) electrons. The second-order valence-electron chi connectivity index (χ2n) is 3.94. The van der Waals surface area contributed by atoms with Crippen molar-refractivity contribution in [3.05, 3.63) is 33.3 Å². The Bertz CT molecular complexity index is 369. The maximum atomic E-state index is 11.9. The van der Waals surface area contributed by atoms with Gasteiger partial charge in [0, 0.05) is 16.5 Å². The Balaban J connectivity index is 2.94. The topological polar surface area (TPSA) is 17.1 Å². The van der Waals surface area contributed by atoms with Crippen LogP contribution in [0.4, 0.5) is 0 Å². The SMILES string of the molecule is CCCCC(=O)c1cc(C)c(C)cc1Br. The largest absolute Gasteiger partial charge is 0.294 e. The molecule has 0 fully saturated rings. The standard InChI is InChI=1S/C13H17BrO/c1-4-5-6-13(15)11-7-9(2)10(3)8-12(11)14/h7-8H,4-6H2,1-3H3. The monoisotopic (exact) mass is 268 g/mol. The zero-order valence-corrected chi connectivity index (χ0v) is 11.1. The lowest BCUT2D eigenvalue weighted by Gasteiger charge is -2.07. The van der Waals surface area contributed by atoms with Crippen LogP contribution in [0.1, 0.15) is 47.7 Å². The van der Waals surface area contributed by atoms with Crippen LogP contribution in [0.2, 0.25) is 0 Å². The van der Waals surface area contributed by atoms with Crippen LogP contribution in [0.25, 0.3) is 0 Å². The first-order valence-electron chi connectivity index (χ1n) is 5.36. The van der Waals surface area contributed by atoms with Crippen LogP contribution in [-0.4, -0.2) is 5.78 Å². The van der Waals surface area contributed by atoms with Crippen LogP contribution in [0.3, 0.4) is 0 Å². The van der Waals surface area contributed by atoms with E-state index in [0.29, 0.717) is 6.42 Å². The molecule has 15 heavy (non-hydrogen) atoms. The fraction of sp³-hybridized carbons (Fsp3) is 0.462. The summed E-state index contributed by atoms with van der Waals surface area (Å²) in [6.45, 7) is 6.20. The molecule has 0 unspecified atom stereocenters. The Morgan fingerprint density at radius 2 is 1.87 bits per heavy atom. The van der Waals surface area contributed by atoms with Crippen molar-refractivity contribution < 1.29 is 4.79 Å². The molecule has 0 aliphatic rings. The Kier molecular flexibility index (Phi) is 4.52. The van der Waals surface area contributed by atoms with Crippen LogP contribution in [0, 0.1) is 13.8 Å². The van der Waals surface area contributed by atoms with Gasteiger partial charge in [-0.1, -0.05) is 29.3 Å². The molecular formula is C13H17BrO. The Morgan fingerprint density at radius 3 is 2.47 bits per heavy atom. The van der Waals surface area contributed by atoms with Gasteiger partial charge in [0.2, 0.25) is 0 Å². The number of rotatable bonds is 4. The molecule has 1 aromatic rings. The third-order valence-electron chi connectivity index (χ3n) is 2.64. The van der Waals surface area contributed by atoms with E-state index in [2.05, 4.69) is 29.8 Å². The van der Waals surface area contributed by atoms with Gasteiger partial charge in [0.25, 0.3) is 0 Å². The van der Waals surface area contributed by atoms with Crippen molar-refractivity contribution in [3.8, 4) is 0 Å². The van der Waals surface area contributed by atoms with Crippen LogP contribution in [0.5, 0.6) is 0 Å². The van der Waals surface area contributed by atoms with Gasteiger partial charge in [-0.25, -0.2) is 0 Å². The van der Waals surface area contributed by atoms with E-state index in [-0.39, 0.29) is 5.78 Å². The summed E-state index contributed by atoms with van der Waals surface area (Å²) in [5.74, 6) is 0.242. The van der Waals surface area contributed by atoms with E-state index in [4.69, 9.17) is 0 Å². The maximum Gasteiger partial charge on any atom is 0.164 e. The summed E-state index contributed by atoms with van der Waals surface area (Å²) < 4.78 is 0.923. The van der Waals surface area contributed by atoms with E-state index < -0.39 is 0 Å². The average Bonchev–Trinajstić information content (AvgIpc) is 2.20. The van der Waals surface area contributed by atoms with Gasteiger partial charge >= 0.3 is 0 Å². The molecule has 0 heterocycles. The predicted octanol–water partition coefficient (Wildman–Crippen LogP) is 4.44. The summed E-state index contributed by atoms with van der Waals surface area (Å²) in [5.41, 5.74) is 3.22. The average molecular weight is 269 g/mol. The number of aryl methyl sites for hydroxylation is 2. The number of hydrogen-bond donors (Lipinski definition) is 0. The zero-order chi connectivity index (χ0) is 11.4. The first-order valence-corrected chi connectivity index (χ1v) is 6.15. The summed E-state index contributed by atoms with van der Waals surface area (Å²) in [4.78, 5) is 11.9. The highest BCUT2D eigenvalue weighted by Gasteiger charge is 2.10. The molecule has 1 aromatic carbocycles. The van der Waals surface area contributed by atoms with E-state index in [1.807, 2.05) is 19.1 Å². The second kappa shape index (κ2) is 5.45. The molecular weight excluding hydrogens is 252 g/mol. The second-order valence-corrected chi connectivity index (χ2v) is 4.80. The van der Waals surface area contributed by atoms with E-state index in [1.165, 1.54) is 11.1 Å². The molecule has 0 amide bonds. The molecule has 0 aromatic heterocycles. The molecule has 0 atom stereocenters. The molecule has 0 spiro atoms. The van der Waals surface area contributed by atoms with Gasteiger partial charge in [-0.15, -0.1) is 0 Å². The normalized spacial score (nSPS) is 10.4. The fourth-order valence-corrected chi connectivity index (χ4v) is 2.15. The molecule has 0 bridgehead atoms. The summed E-state index contributed by atoms with van der Waals surface area (Å²) in [7, 11) is 0. The minimum absolute atomic E-state index is 0.242. The minimum atomic E-state index is 0.242. The third-order valence-corrected chi connectivity index (χ3v) is 3.30. The molecule has 0 N–H and O–H groups in total. The van der Waals surface area contributed by atoms with Gasteiger partial charge in [-0.05, 0) is 43.5 Å². The number of benzene rings is 1. The van der Waals surface area contributed by atoms with E-state index >= 15 is 0 Å². The van der Waals surface area contributed by atoms with Crippen molar-refractivity contribution >= 4 is 21.7 Å². The predicted molar refractivity (Wildman–Crippen MR) is 67.5 cm³/mol. The number of hydrogen-bond acceptors (Lipinski definition) is 1. The van der Waals surface area contributed by atoms with Gasteiger partial charge < -0.3 is 0 Å². The van der Waals surface area contributed by atoms with Crippen LogP contribution in [0.15, 0.2) is 16.6 Å². The van der Waals surface area contributed by atoms with Crippen molar-refractivity contribution in [2.24, 2.45) is 0 Å². The summed E-state index contributed by atoms with van der Waals surface area (Å²) in [6, 6.07) is 4.01. The lowest BCUT2D eigenvalue weighted by molar-refractivity contribution is 0.0979. The maximum absolute atomic E-state index is 11.9. The number of ketones is 1. The van der Waals surface area contributed by atoms with Gasteiger partial charge in [-0.3, -0.25) is 4.79 Å². The number of carbonyl (C=O) groups excluding carboxylic acids is 1. The molecule has 0 saturated heterocycles. The number of Topliss-reactive ketones (excluding diaryl/α,β-unsaturated/α-hetero) is 1. The van der Waals surface area contributed by atoms with Gasteiger partial charge in [0.15, 0.2) is 5.78 Å². The highest BCUT2D eigenvalue weighted by atomic mass is 79.9. The number of carbonyl (C=O) groups is 1. The van der Waals surface area contributed by atoms with Gasteiger partial charge in [0.1, 0.15) is 0 Å². The van der Waals surface area contributed by atoms with Crippen molar-refractivity contribution in [2.75, 3.05) is 0 Å². The highest BCUT2D eigenvalue weighted by Crippen LogP contribution is 2.23. The lowest BCUT2D eigenvalue weighted by atomic mass is 10.0. The van der Waals surface area contributed by atoms with E-state index in [0.717, 1.165) is 22.9 Å². The van der Waals surface area contributed by atoms with Crippen LogP contribution in [-0.2, 0) is 0 Å². The zero-order valence-electron chi connectivity index (χ0n) is 9.56. The van der Waals surface area contributed by atoms with E-state index in [1.54, 1.807) is 0 Å². The lowest BCUT2D eigenvalue weighted by Crippen LogP contribution is -2.01. The van der Waals surface area contributed by atoms with Crippen molar-refractivity contribution in [1.82, 2.24) is 0 Å². The third kappa shape index (κ3) is 3.16. The molecule has 82 valence electrons. The Morgan fingerprint density at radius 1 is 1.27 bits per heavy atom. The van der Waals surface area contributed by atoms with Crippen molar-refractivity contribution in [3.63, 3.8) is 0 Å². The van der Waals surface area contributed by atoms with Gasteiger partial charge in [-0.2, -0.15) is 0 Å². The van der Waals surface area contributed by atoms with Gasteiger partial charge in [0.05, 0.1) is 0 Å². The molecule has 0 aliphatic heterocycles. The van der Waals surface area contributed by atoms with Crippen molar-refractivity contribution in [1.29, 1.82) is 0 Å². The summed E-state index contributed by atoms with van der Waals surface area (Å²) >= 11 is 3.45. The van der Waals surface area contributed by atoms with Crippen LogP contribution >= 0.6 is 15.9 Å². The molecule has 2 heteroatoms. The summed E-state index contributed by atoms with van der Waals surface area (Å²) in [6.07, 6.45) is 2.68. The number of unbranched alkanes of at least 4 members (excludes halogenated alkanes) is 1. The molecule has 1 nitrogen and oxygen atoms in total. The fourth-order valence-electron chi connectivity index (χ4n) is 1.47. The smallest absolute Gasteiger partial charge is 0.164 e.